The fourth-order valence-corrected chi connectivity index (χ4v) is 4.37. The van der Waals surface area contributed by atoms with Gasteiger partial charge in [0, 0.05) is 37.7 Å². The molecule has 0 amide bonds. The highest BCUT2D eigenvalue weighted by Gasteiger charge is 2.32. The van der Waals surface area contributed by atoms with Crippen molar-refractivity contribution < 1.29 is 4.39 Å². The van der Waals surface area contributed by atoms with E-state index in [2.05, 4.69) is 11.4 Å². The Kier molecular flexibility index (Phi) is 5.04. The van der Waals surface area contributed by atoms with Crippen LogP contribution in [0.4, 0.5) is 10.1 Å². The zero-order valence-corrected chi connectivity index (χ0v) is 16.4. The van der Waals surface area contributed by atoms with Gasteiger partial charge in [0.1, 0.15) is 5.82 Å². The number of benzene rings is 1. The first-order valence-electron chi connectivity index (χ1n) is 10.0. The third kappa shape index (κ3) is 3.38. The summed E-state index contributed by atoms with van der Waals surface area (Å²) in [5.74, 6) is 5.56. The van der Waals surface area contributed by atoms with Gasteiger partial charge in [0.2, 0.25) is 0 Å². The highest BCUT2D eigenvalue weighted by Crippen LogP contribution is 2.39. The summed E-state index contributed by atoms with van der Waals surface area (Å²) in [4.78, 5) is 27.2. The molecule has 3 N–H and O–H groups in total. The average molecular weight is 400 g/mol. The van der Waals surface area contributed by atoms with Crippen LogP contribution < -0.4 is 27.3 Å². The van der Waals surface area contributed by atoms with E-state index in [9.17, 15) is 9.59 Å². The van der Waals surface area contributed by atoms with E-state index in [4.69, 9.17) is 11.1 Å². The van der Waals surface area contributed by atoms with E-state index in [1.54, 1.807) is 11.5 Å². The number of hydrogen-bond acceptors (Lipinski definition) is 6. The van der Waals surface area contributed by atoms with Gasteiger partial charge in [-0.3, -0.25) is 9.36 Å². The molecular weight excluding hydrogens is 375 g/mol. The number of anilines is 1. The lowest BCUT2D eigenvalue weighted by molar-refractivity contribution is 0.521. The van der Waals surface area contributed by atoms with Gasteiger partial charge in [0.25, 0.3) is 5.56 Å². The molecule has 2 aliphatic rings. The fraction of sp³-hybridized carbons (Fsp3) is 0.550. The molecule has 29 heavy (non-hydrogen) atoms. The number of halogens is 1. The minimum Gasteiger partial charge on any atom is -0.369 e. The van der Waals surface area contributed by atoms with Gasteiger partial charge >= 0.3 is 5.69 Å². The molecule has 2 fully saturated rings. The minimum absolute atomic E-state index is 0.00747. The summed E-state index contributed by atoms with van der Waals surface area (Å²) in [6, 6.07) is 3.34. The van der Waals surface area contributed by atoms with E-state index < -0.39 is 17.1 Å². The Labute approximate surface area is 167 Å². The molecule has 4 rings (SSSR count). The predicted molar refractivity (Wildman–Crippen MR) is 109 cm³/mol. The number of hydrogen-bond donors (Lipinski definition) is 2. The summed E-state index contributed by atoms with van der Waals surface area (Å²) in [5.41, 5.74) is 0.346. The number of nitrogen functional groups attached to an aromatic ring is 1. The molecule has 0 unspecified atom stereocenters. The van der Waals surface area contributed by atoms with Crippen LogP contribution in [0.3, 0.4) is 0 Å². The summed E-state index contributed by atoms with van der Waals surface area (Å²) in [7, 11) is 0. The lowest BCUT2D eigenvalue weighted by atomic mass is 10.1. The molecule has 0 radical (unpaired) electrons. The van der Waals surface area contributed by atoms with E-state index in [0.29, 0.717) is 53.4 Å². The number of fused-ring (bicyclic) bond motifs is 1. The maximum Gasteiger partial charge on any atom is 0.350 e. The van der Waals surface area contributed by atoms with Crippen molar-refractivity contribution in [3.05, 3.63) is 38.3 Å². The largest absolute Gasteiger partial charge is 0.369 e. The van der Waals surface area contributed by atoms with Gasteiger partial charge in [0.05, 0.1) is 22.7 Å². The van der Waals surface area contributed by atoms with Crippen LogP contribution in [0.5, 0.6) is 0 Å². The number of rotatable bonds is 6. The third-order valence-corrected chi connectivity index (χ3v) is 5.93. The summed E-state index contributed by atoms with van der Waals surface area (Å²) in [6.07, 6.45) is 3.07. The molecule has 2 aromatic rings. The molecule has 154 valence electrons. The minimum atomic E-state index is -0.670. The van der Waals surface area contributed by atoms with Crippen LogP contribution in [-0.4, -0.2) is 35.4 Å². The quantitative estimate of drug-likeness (QED) is 0.553. The van der Waals surface area contributed by atoms with Gasteiger partial charge in [-0.05, 0) is 44.7 Å². The zero-order valence-electron chi connectivity index (χ0n) is 16.4. The molecule has 9 heteroatoms. The zero-order chi connectivity index (χ0) is 20.7. The third-order valence-electron chi connectivity index (χ3n) is 5.93. The number of nitriles is 1. The second-order valence-electron chi connectivity index (χ2n) is 8.00. The molecule has 2 heterocycles. The first kappa shape index (κ1) is 19.5. The summed E-state index contributed by atoms with van der Waals surface area (Å²) >= 11 is 0. The van der Waals surface area contributed by atoms with Gasteiger partial charge in [-0.2, -0.15) is 9.94 Å². The van der Waals surface area contributed by atoms with Crippen molar-refractivity contribution in [2.75, 3.05) is 36.9 Å². The van der Waals surface area contributed by atoms with Crippen molar-refractivity contribution in [1.82, 2.24) is 14.6 Å². The normalized spacial score (nSPS) is 19.1. The molecule has 0 bridgehead atoms. The van der Waals surface area contributed by atoms with Gasteiger partial charge < -0.3 is 16.1 Å². The van der Waals surface area contributed by atoms with Gasteiger partial charge in [-0.1, -0.05) is 0 Å². The second-order valence-corrected chi connectivity index (χ2v) is 8.00. The van der Waals surface area contributed by atoms with E-state index in [0.717, 1.165) is 25.8 Å². The Morgan fingerprint density at radius 2 is 2.10 bits per heavy atom. The first-order valence-corrected chi connectivity index (χ1v) is 10.0. The number of nitrogens with two attached hydrogens (primary N) is 1. The van der Waals surface area contributed by atoms with E-state index in [1.165, 1.54) is 6.07 Å². The van der Waals surface area contributed by atoms with Crippen LogP contribution in [0.1, 0.15) is 37.3 Å². The molecule has 1 aromatic carbocycles. The van der Waals surface area contributed by atoms with Crippen LogP contribution >= 0.6 is 0 Å². The Morgan fingerprint density at radius 3 is 2.79 bits per heavy atom. The van der Waals surface area contributed by atoms with Crippen LogP contribution in [0, 0.1) is 30.0 Å². The summed E-state index contributed by atoms with van der Waals surface area (Å²) in [6.45, 7) is 4.59. The molecule has 8 nitrogen and oxygen atoms in total. The number of nitrogens with one attached hydrogen (secondary N) is 1. The molecule has 1 saturated heterocycles. The van der Waals surface area contributed by atoms with Crippen molar-refractivity contribution in [3.63, 3.8) is 0 Å². The van der Waals surface area contributed by atoms with E-state index in [1.807, 2.05) is 4.90 Å². The maximum atomic E-state index is 15.1. The molecule has 1 aromatic heterocycles. The van der Waals surface area contributed by atoms with Crippen molar-refractivity contribution in [1.29, 1.82) is 5.26 Å². The summed E-state index contributed by atoms with van der Waals surface area (Å²) in [5, 5.41) is 12.0. The topological polar surface area (TPSA) is 109 Å². The van der Waals surface area contributed by atoms with Crippen molar-refractivity contribution >= 4 is 16.6 Å². The maximum absolute atomic E-state index is 15.1. The van der Waals surface area contributed by atoms with E-state index >= 15 is 4.39 Å². The first-order chi connectivity index (χ1) is 13.9. The lowest BCUT2D eigenvalue weighted by Gasteiger charge is -2.24. The highest BCUT2D eigenvalue weighted by molar-refractivity contribution is 5.87. The number of aryl methyl sites for hydroxylation is 1. The van der Waals surface area contributed by atoms with Gasteiger partial charge in [-0.15, -0.1) is 0 Å². The monoisotopic (exact) mass is 400 g/mol. The Morgan fingerprint density at radius 1 is 1.34 bits per heavy atom. The van der Waals surface area contributed by atoms with Crippen LogP contribution in [0.25, 0.3) is 10.9 Å². The second kappa shape index (κ2) is 7.52. The van der Waals surface area contributed by atoms with Gasteiger partial charge in [0.15, 0.2) is 0 Å². The predicted octanol–water partition coefficient (Wildman–Crippen LogP) is 0.989. The SMILES string of the molecule is Cc1c(N2CC[C@H](CNCCC#N)C2)c(F)cc2c(=O)n(N)c(=O)n(C3CC3)c12. The number of nitrogens with zero attached hydrogens (tertiary/aromatic N) is 4. The molecule has 1 aliphatic heterocycles. The van der Waals surface area contributed by atoms with Gasteiger partial charge in [-0.25, -0.2) is 9.18 Å². The van der Waals surface area contributed by atoms with Crippen LogP contribution in [0.2, 0.25) is 0 Å². The van der Waals surface area contributed by atoms with Crippen molar-refractivity contribution in [2.45, 2.75) is 38.6 Å². The van der Waals surface area contributed by atoms with E-state index in [-0.39, 0.29) is 11.4 Å². The van der Waals surface area contributed by atoms with Crippen LogP contribution in [-0.2, 0) is 0 Å². The molecule has 1 atom stereocenters. The molecule has 0 spiro atoms. The smallest absolute Gasteiger partial charge is 0.350 e. The average Bonchev–Trinajstić information content (AvgIpc) is 3.43. The van der Waals surface area contributed by atoms with Crippen molar-refractivity contribution in [2.24, 2.45) is 5.92 Å². The fourth-order valence-electron chi connectivity index (χ4n) is 4.37. The lowest BCUT2D eigenvalue weighted by Crippen LogP contribution is -2.44. The Bertz CT molecular complexity index is 1110. The molecule has 1 aliphatic carbocycles. The molecule has 1 saturated carbocycles. The number of aromatic nitrogens is 2. The molecular formula is C20H25FN6O2. The Balaban J connectivity index is 1.72. The summed E-state index contributed by atoms with van der Waals surface area (Å²) < 4.78 is 17.2. The highest BCUT2D eigenvalue weighted by atomic mass is 19.1. The van der Waals surface area contributed by atoms with Crippen molar-refractivity contribution in [3.8, 4) is 6.07 Å². The Hall–Kier alpha value is -2.86. The standard InChI is InChI=1S/C20H25FN6O2/c1-12-17-15(19(28)27(23)20(29)26(17)14-3-4-14)9-16(21)18(12)25-8-5-13(11-25)10-24-7-2-6-22/h9,13-14,24H,2-5,7-8,10-11,23H2,1H3/t13-/m1/s1. The van der Waals surface area contributed by atoms with Crippen LogP contribution in [0.15, 0.2) is 15.7 Å².